The number of benzene rings is 1. The van der Waals surface area contributed by atoms with Crippen molar-refractivity contribution in [3.63, 3.8) is 0 Å². The minimum absolute atomic E-state index is 0.0933. The third-order valence-corrected chi connectivity index (χ3v) is 4.02. The standard InChI is InChI=1S/C17H20N4O/c1-12-10-15(21-9-5-8-14(11-21)16(18)22)20-17(19-12)13-6-3-2-4-7-13/h2-4,6-7,10,14H,5,8-9,11H2,1H3,(H2,18,22)/t14-/m0/s1. The predicted octanol–water partition coefficient (Wildman–Crippen LogP) is 2.15. The Labute approximate surface area is 130 Å². The monoisotopic (exact) mass is 296 g/mol. The summed E-state index contributed by atoms with van der Waals surface area (Å²) in [5.41, 5.74) is 7.38. The largest absolute Gasteiger partial charge is 0.369 e. The fraction of sp³-hybridized carbons (Fsp3) is 0.353. The zero-order valence-electron chi connectivity index (χ0n) is 12.7. The molecular weight excluding hydrogens is 276 g/mol. The molecule has 5 nitrogen and oxygen atoms in total. The van der Waals surface area contributed by atoms with Crippen LogP contribution in [0.3, 0.4) is 0 Å². The van der Waals surface area contributed by atoms with Gasteiger partial charge >= 0.3 is 0 Å². The number of primary amides is 1. The Morgan fingerprint density at radius 3 is 2.77 bits per heavy atom. The smallest absolute Gasteiger partial charge is 0.222 e. The lowest BCUT2D eigenvalue weighted by Crippen LogP contribution is -2.41. The Bertz CT molecular complexity index is 672. The van der Waals surface area contributed by atoms with E-state index in [9.17, 15) is 4.79 Å². The molecule has 0 unspecified atom stereocenters. The van der Waals surface area contributed by atoms with Gasteiger partial charge in [-0.1, -0.05) is 30.3 Å². The quantitative estimate of drug-likeness (QED) is 0.942. The molecule has 2 aromatic rings. The molecular formula is C17H20N4O. The molecule has 1 aliphatic heterocycles. The molecule has 0 saturated carbocycles. The molecule has 2 N–H and O–H groups in total. The number of piperidine rings is 1. The third-order valence-electron chi connectivity index (χ3n) is 4.02. The second-order valence-corrected chi connectivity index (χ2v) is 5.74. The number of carbonyl (C=O) groups excluding carboxylic acids is 1. The molecule has 0 bridgehead atoms. The second-order valence-electron chi connectivity index (χ2n) is 5.74. The highest BCUT2D eigenvalue weighted by Crippen LogP contribution is 2.24. The van der Waals surface area contributed by atoms with Crippen LogP contribution < -0.4 is 10.6 Å². The van der Waals surface area contributed by atoms with Gasteiger partial charge in [-0.25, -0.2) is 9.97 Å². The van der Waals surface area contributed by atoms with Gasteiger partial charge in [0.1, 0.15) is 5.82 Å². The van der Waals surface area contributed by atoms with Crippen molar-refractivity contribution in [2.75, 3.05) is 18.0 Å². The number of nitrogens with two attached hydrogens (primary N) is 1. The van der Waals surface area contributed by atoms with Gasteiger partial charge in [0.15, 0.2) is 5.82 Å². The molecule has 114 valence electrons. The Balaban J connectivity index is 1.91. The van der Waals surface area contributed by atoms with Gasteiger partial charge in [0.05, 0.1) is 5.92 Å². The molecule has 2 heterocycles. The highest BCUT2D eigenvalue weighted by atomic mass is 16.1. The van der Waals surface area contributed by atoms with Gasteiger partial charge in [0, 0.05) is 30.4 Å². The summed E-state index contributed by atoms with van der Waals surface area (Å²) in [5.74, 6) is 1.28. The van der Waals surface area contributed by atoms with Gasteiger partial charge in [0.25, 0.3) is 0 Å². The van der Waals surface area contributed by atoms with Crippen LogP contribution in [-0.2, 0) is 4.79 Å². The minimum Gasteiger partial charge on any atom is -0.369 e. The van der Waals surface area contributed by atoms with Gasteiger partial charge in [-0.15, -0.1) is 0 Å². The molecule has 1 aromatic carbocycles. The van der Waals surface area contributed by atoms with E-state index < -0.39 is 0 Å². The maximum Gasteiger partial charge on any atom is 0.222 e. The van der Waals surface area contributed by atoms with Gasteiger partial charge in [0.2, 0.25) is 5.91 Å². The Morgan fingerprint density at radius 2 is 2.05 bits per heavy atom. The van der Waals surface area contributed by atoms with Crippen LogP contribution in [-0.4, -0.2) is 29.0 Å². The second kappa shape index (κ2) is 6.13. The van der Waals surface area contributed by atoms with Gasteiger partial charge in [-0.05, 0) is 19.8 Å². The lowest BCUT2D eigenvalue weighted by Gasteiger charge is -2.32. The van der Waals surface area contributed by atoms with Crippen molar-refractivity contribution >= 4 is 11.7 Å². The summed E-state index contributed by atoms with van der Waals surface area (Å²) < 4.78 is 0. The fourth-order valence-electron chi connectivity index (χ4n) is 2.85. The van der Waals surface area contributed by atoms with E-state index >= 15 is 0 Å². The molecule has 22 heavy (non-hydrogen) atoms. The third kappa shape index (κ3) is 3.08. The Morgan fingerprint density at radius 1 is 1.27 bits per heavy atom. The number of anilines is 1. The van der Waals surface area contributed by atoms with E-state index in [4.69, 9.17) is 5.73 Å². The van der Waals surface area contributed by atoms with Crippen molar-refractivity contribution in [3.8, 4) is 11.4 Å². The first-order valence-electron chi connectivity index (χ1n) is 7.59. The van der Waals surface area contributed by atoms with E-state index in [-0.39, 0.29) is 11.8 Å². The van der Waals surface area contributed by atoms with Crippen molar-refractivity contribution in [2.24, 2.45) is 11.7 Å². The van der Waals surface area contributed by atoms with Crippen molar-refractivity contribution in [2.45, 2.75) is 19.8 Å². The van der Waals surface area contributed by atoms with Crippen LogP contribution in [0.4, 0.5) is 5.82 Å². The Kier molecular flexibility index (Phi) is 4.04. The number of aryl methyl sites for hydroxylation is 1. The summed E-state index contributed by atoms with van der Waals surface area (Å²) in [6, 6.07) is 11.9. The molecule has 1 fully saturated rings. The van der Waals surface area contributed by atoms with Gasteiger partial charge < -0.3 is 10.6 Å². The molecule has 3 rings (SSSR count). The molecule has 5 heteroatoms. The lowest BCUT2D eigenvalue weighted by atomic mass is 9.97. The van der Waals surface area contributed by atoms with Gasteiger partial charge in [-0.3, -0.25) is 4.79 Å². The molecule has 1 atom stereocenters. The maximum absolute atomic E-state index is 11.4. The molecule has 0 spiro atoms. The molecule has 1 saturated heterocycles. The van der Waals surface area contributed by atoms with E-state index in [1.807, 2.05) is 43.3 Å². The number of nitrogens with zero attached hydrogens (tertiary/aromatic N) is 3. The van der Waals surface area contributed by atoms with Crippen LogP contribution in [0.5, 0.6) is 0 Å². The van der Waals surface area contributed by atoms with E-state index in [1.165, 1.54) is 0 Å². The predicted molar refractivity (Wildman–Crippen MR) is 86.3 cm³/mol. The number of carbonyl (C=O) groups is 1. The number of amides is 1. The Hall–Kier alpha value is -2.43. The normalized spacial score (nSPS) is 18.2. The summed E-state index contributed by atoms with van der Waals surface area (Å²) in [5, 5.41) is 0. The summed E-state index contributed by atoms with van der Waals surface area (Å²) in [6.07, 6.45) is 1.82. The summed E-state index contributed by atoms with van der Waals surface area (Å²) in [4.78, 5) is 22.8. The van der Waals surface area contributed by atoms with Crippen molar-refractivity contribution in [1.82, 2.24) is 9.97 Å². The first kappa shape index (κ1) is 14.5. The van der Waals surface area contributed by atoms with Crippen molar-refractivity contribution in [1.29, 1.82) is 0 Å². The first-order valence-corrected chi connectivity index (χ1v) is 7.59. The van der Waals surface area contributed by atoms with E-state index in [0.717, 1.165) is 42.3 Å². The molecule has 0 radical (unpaired) electrons. The molecule has 1 aliphatic rings. The van der Waals surface area contributed by atoms with Crippen LogP contribution in [0, 0.1) is 12.8 Å². The number of hydrogen-bond donors (Lipinski definition) is 1. The molecule has 1 aromatic heterocycles. The number of hydrogen-bond acceptors (Lipinski definition) is 4. The van der Waals surface area contributed by atoms with Crippen molar-refractivity contribution < 1.29 is 4.79 Å². The maximum atomic E-state index is 11.4. The minimum atomic E-state index is -0.223. The van der Waals surface area contributed by atoms with Crippen LogP contribution >= 0.6 is 0 Å². The van der Waals surface area contributed by atoms with E-state index in [0.29, 0.717) is 6.54 Å². The summed E-state index contributed by atoms with van der Waals surface area (Å²) in [7, 11) is 0. The van der Waals surface area contributed by atoms with Crippen LogP contribution in [0.15, 0.2) is 36.4 Å². The van der Waals surface area contributed by atoms with E-state index in [1.54, 1.807) is 0 Å². The highest BCUT2D eigenvalue weighted by molar-refractivity contribution is 5.77. The fourth-order valence-corrected chi connectivity index (χ4v) is 2.85. The topological polar surface area (TPSA) is 72.1 Å². The number of aromatic nitrogens is 2. The number of rotatable bonds is 3. The first-order chi connectivity index (χ1) is 10.6. The lowest BCUT2D eigenvalue weighted by molar-refractivity contribution is -0.122. The SMILES string of the molecule is Cc1cc(N2CCC[C@H](C(N)=O)C2)nc(-c2ccccc2)n1. The van der Waals surface area contributed by atoms with Crippen LogP contribution in [0.25, 0.3) is 11.4 Å². The summed E-state index contributed by atoms with van der Waals surface area (Å²) >= 11 is 0. The van der Waals surface area contributed by atoms with Gasteiger partial charge in [-0.2, -0.15) is 0 Å². The van der Waals surface area contributed by atoms with Crippen LogP contribution in [0.2, 0.25) is 0 Å². The van der Waals surface area contributed by atoms with Crippen LogP contribution in [0.1, 0.15) is 18.5 Å². The zero-order chi connectivity index (χ0) is 15.5. The average molecular weight is 296 g/mol. The molecule has 0 aliphatic carbocycles. The van der Waals surface area contributed by atoms with Crippen molar-refractivity contribution in [3.05, 3.63) is 42.1 Å². The molecule has 1 amide bonds. The van der Waals surface area contributed by atoms with E-state index in [2.05, 4.69) is 14.9 Å². The highest BCUT2D eigenvalue weighted by Gasteiger charge is 2.25. The summed E-state index contributed by atoms with van der Waals surface area (Å²) in [6.45, 7) is 3.50. The average Bonchev–Trinajstić information content (AvgIpc) is 2.55. The zero-order valence-corrected chi connectivity index (χ0v) is 12.7.